The van der Waals surface area contributed by atoms with Crippen LogP contribution in [0, 0.1) is 0 Å². The van der Waals surface area contributed by atoms with Crippen LogP contribution in [0.5, 0.6) is 0 Å². The van der Waals surface area contributed by atoms with Crippen molar-refractivity contribution in [3.05, 3.63) is 24.3 Å². The summed E-state index contributed by atoms with van der Waals surface area (Å²) in [6, 6.07) is 7.77. The summed E-state index contributed by atoms with van der Waals surface area (Å²) in [5.74, 6) is -0.104. The number of benzene rings is 1. The number of methoxy groups -OCH3 is 1. The van der Waals surface area contributed by atoms with Gasteiger partial charge in [-0.1, -0.05) is 6.07 Å². The van der Waals surface area contributed by atoms with Gasteiger partial charge in [0.25, 0.3) is 0 Å². The summed E-state index contributed by atoms with van der Waals surface area (Å²) in [6.45, 7) is 4.67. The largest absolute Gasteiger partial charge is 0.385 e. The maximum Gasteiger partial charge on any atom is 0.226 e. The summed E-state index contributed by atoms with van der Waals surface area (Å²) in [7, 11) is 1.65. The van der Waals surface area contributed by atoms with Gasteiger partial charge in [0.05, 0.1) is 0 Å². The van der Waals surface area contributed by atoms with Crippen LogP contribution in [-0.4, -0.2) is 44.7 Å². The van der Waals surface area contributed by atoms with E-state index in [0.717, 1.165) is 37.3 Å². The second kappa shape index (κ2) is 10.8. The lowest BCUT2D eigenvalue weighted by molar-refractivity contribution is -0.122. The van der Waals surface area contributed by atoms with Crippen LogP contribution in [-0.2, 0) is 14.3 Å². The van der Waals surface area contributed by atoms with Crippen LogP contribution in [0.3, 0.4) is 0 Å². The first-order valence-electron chi connectivity index (χ1n) is 9.51. The summed E-state index contributed by atoms with van der Waals surface area (Å²) in [5.41, 5.74) is 1.95. The highest BCUT2D eigenvalue weighted by Gasteiger charge is 2.14. The van der Waals surface area contributed by atoms with Crippen molar-refractivity contribution >= 4 is 23.2 Å². The summed E-state index contributed by atoms with van der Waals surface area (Å²) in [5, 5.41) is 5.82. The van der Waals surface area contributed by atoms with Crippen molar-refractivity contribution in [2.24, 2.45) is 0 Å². The van der Waals surface area contributed by atoms with Crippen LogP contribution in [0.25, 0.3) is 0 Å². The highest BCUT2D eigenvalue weighted by Crippen LogP contribution is 2.23. The van der Waals surface area contributed by atoms with Crippen molar-refractivity contribution in [1.29, 1.82) is 0 Å². The number of rotatable bonds is 10. The van der Waals surface area contributed by atoms with Gasteiger partial charge in [-0.25, -0.2) is 0 Å². The molecule has 1 aliphatic heterocycles. The Bertz CT molecular complexity index is 585. The lowest BCUT2D eigenvalue weighted by atomic mass is 10.2. The first-order chi connectivity index (χ1) is 12.6. The van der Waals surface area contributed by atoms with E-state index < -0.39 is 0 Å². The summed E-state index contributed by atoms with van der Waals surface area (Å²) >= 11 is 0. The predicted molar refractivity (Wildman–Crippen MR) is 104 cm³/mol. The van der Waals surface area contributed by atoms with E-state index in [1.54, 1.807) is 7.11 Å². The Morgan fingerprint density at radius 1 is 1.19 bits per heavy atom. The number of carbonyl (C=O) groups is 2. The molecule has 26 heavy (non-hydrogen) atoms. The second-order valence-corrected chi connectivity index (χ2v) is 6.92. The maximum absolute atomic E-state index is 12.2. The number of amides is 2. The van der Waals surface area contributed by atoms with E-state index in [-0.39, 0.29) is 24.3 Å². The zero-order valence-electron chi connectivity index (χ0n) is 15.9. The molecule has 0 radical (unpaired) electrons. The Hall–Kier alpha value is -2.08. The first kappa shape index (κ1) is 20.2. The normalized spacial score (nSPS) is 14.9. The molecule has 0 spiro atoms. The number of hydrogen-bond donors (Lipinski definition) is 2. The molecule has 0 aliphatic carbocycles. The minimum absolute atomic E-state index is 0.0163. The molecule has 1 fully saturated rings. The van der Waals surface area contributed by atoms with E-state index in [1.807, 2.05) is 25.1 Å². The number of anilines is 2. The number of ether oxygens (including phenoxy) is 1. The molecular formula is C20H31N3O3. The van der Waals surface area contributed by atoms with Gasteiger partial charge < -0.3 is 20.3 Å². The number of unbranched alkanes of at least 4 members (excludes halogenated alkanes) is 1. The van der Waals surface area contributed by atoms with Gasteiger partial charge in [0, 0.05) is 57.1 Å². The second-order valence-electron chi connectivity index (χ2n) is 6.92. The van der Waals surface area contributed by atoms with Gasteiger partial charge in [-0.2, -0.15) is 0 Å². The highest BCUT2D eigenvalue weighted by atomic mass is 16.5. The lowest BCUT2D eigenvalue weighted by Gasteiger charge is -2.19. The smallest absolute Gasteiger partial charge is 0.226 e. The van der Waals surface area contributed by atoms with Crippen LogP contribution in [0.2, 0.25) is 0 Å². The van der Waals surface area contributed by atoms with Gasteiger partial charge in [0.1, 0.15) is 0 Å². The molecule has 1 heterocycles. The fourth-order valence-electron chi connectivity index (χ4n) is 3.18. The lowest BCUT2D eigenvalue weighted by Crippen LogP contribution is -2.35. The van der Waals surface area contributed by atoms with E-state index in [9.17, 15) is 9.59 Å². The molecule has 1 saturated heterocycles. The molecule has 1 atom stereocenters. The van der Waals surface area contributed by atoms with Crippen molar-refractivity contribution in [1.82, 2.24) is 5.32 Å². The third-order valence-corrected chi connectivity index (χ3v) is 4.50. The summed E-state index contributed by atoms with van der Waals surface area (Å²) in [6.07, 6.45) is 4.83. The molecule has 2 rings (SSSR count). The van der Waals surface area contributed by atoms with E-state index in [1.165, 1.54) is 12.8 Å². The number of nitrogens with one attached hydrogen (secondary N) is 2. The van der Waals surface area contributed by atoms with E-state index >= 15 is 0 Å². The van der Waals surface area contributed by atoms with Gasteiger partial charge in [-0.05, 0) is 50.8 Å². The standard InChI is InChI=1S/C20H31N3O3/c1-16(21-19(24)10-3-6-13-26-2)14-20(25)22-17-8-7-9-18(15-17)23-11-4-5-12-23/h7-9,15-16H,3-6,10-14H2,1-2H3,(H,21,24)(H,22,25). The van der Waals surface area contributed by atoms with Crippen molar-refractivity contribution < 1.29 is 14.3 Å². The third kappa shape index (κ3) is 7.04. The SMILES string of the molecule is COCCCCC(=O)NC(C)CC(=O)Nc1cccc(N2CCCC2)c1. The predicted octanol–water partition coefficient (Wildman–Crippen LogP) is 2.94. The molecule has 1 unspecified atom stereocenters. The zero-order chi connectivity index (χ0) is 18.8. The molecular weight excluding hydrogens is 330 g/mol. The first-order valence-corrected chi connectivity index (χ1v) is 9.51. The Kier molecular flexibility index (Phi) is 8.41. The van der Waals surface area contributed by atoms with E-state index in [4.69, 9.17) is 4.74 Å². The Balaban J connectivity index is 1.73. The molecule has 0 aromatic heterocycles. The number of hydrogen-bond acceptors (Lipinski definition) is 4. The Morgan fingerprint density at radius 2 is 1.96 bits per heavy atom. The molecule has 144 valence electrons. The third-order valence-electron chi connectivity index (χ3n) is 4.50. The van der Waals surface area contributed by atoms with Crippen molar-refractivity contribution in [3.8, 4) is 0 Å². The van der Waals surface area contributed by atoms with Crippen molar-refractivity contribution in [2.75, 3.05) is 37.0 Å². The van der Waals surface area contributed by atoms with Crippen LogP contribution in [0.1, 0.15) is 45.4 Å². The van der Waals surface area contributed by atoms with Gasteiger partial charge in [0.2, 0.25) is 11.8 Å². The Labute approximate surface area is 156 Å². The van der Waals surface area contributed by atoms with Gasteiger partial charge >= 0.3 is 0 Å². The maximum atomic E-state index is 12.2. The monoisotopic (exact) mass is 361 g/mol. The zero-order valence-corrected chi connectivity index (χ0v) is 15.9. The Morgan fingerprint density at radius 3 is 2.69 bits per heavy atom. The van der Waals surface area contributed by atoms with E-state index in [2.05, 4.69) is 21.6 Å². The molecule has 0 bridgehead atoms. The molecule has 2 N–H and O–H groups in total. The van der Waals surface area contributed by atoms with Crippen molar-refractivity contribution in [2.45, 2.75) is 51.5 Å². The minimum Gasteiger partial charge on any atom is -0.385 e. The summed E-state index contributed by atoms with van der Waals surface area (Å²) < 4.78 is 4.97. The summed E-state index contributed by atoms with van der Waals surface area (Å²) in [4.78, 5) is 26.4. The number of carbonyl (C=O) groups excluding carboxylic acids is 2. The fourth-order valence-corrected chi connectivity index (χ4v) is 3.18. The van der Waals surface area contributed by atoms with Crippen LogP contribution < -0.4 is 15.5 Å². The quantitative estimate of drug-likeness (QED) is 0.629. The van der Waals surface area contributed by atoms with Crippen molar-refractivity contribution in [3.63, 3.8) is 0 Å². The average Bonchev–Trinajstić information content (AvgIpc) is 3.13. The van der Waals surface area contributed by atoms with Gasteiger partial charge in [0.15, 0.2) is 0 Å². The number of nitrogens with zero attached hydrogens (tertiary/aromatic N) is 1. The topological polar surface area (TPSA) is 70.7 Å². The average molecular weight is 361 g/mol. The van der Waals surface area contributed by atoms with Crippen LogP contribution in [0.4, 0.5) is 11.4 Å². The highest BCUT2D eigenvalue weighted by molar-refractivity contribution is 5.92. The molecule has 1 aromatic carbocycles. The van der Waals surface area contributed by atoms with Crippen LogP contribution in [0.15, 0.2) is 24.3 Å². The van der Waals surface area contributed by atoms with Gasteiger partial charge in [-0.3, -0.25) is 9.59 Å². The molecule has 1 aromatic rings. The van der Waals surface area contributed by atoms with Gasteiger partial charge in [-0.15, -0.1) is 0 Å². The molecule has 2 amide bonds. The molecule has 1 aliphatic rings. The fraction of sp³-hybridized carbons (Fsp3) is 0.600. The van der Waals surface area contributed by atoms with E-state index in [0.29, 0.717) is 13.0 Å². The molecule has 0 saturated carbocycles. The van der Waals surface area contributed by atoms with Crippen LogP contribution >= 0.6 is 0 Å². The molecule has 6 heteroatoms. The minimum atomic E-state index is -0.188. The molecule has 6 nitrogen and oxygen atoms in total.